The van der Waals surface area contributed by atoms with Crippen LogP contribution < -0.4 is 10.5 Å². The van der Waals surface area contributed by atoms with Crippen molar-refractivity contribution in [3.05, 3.63) is 77.9 Å². The van der Waals surface area contributed by atoms with Crippen molar-refractivity contribution in [2.75, 3.05) is 13.1 Å². The molecule has 1 heterocycles. The molecule has 1 amide bonds. The molecule has 0 spiro atoms. The molecule has 3 aromatic carbocycles. The molecule has 1 unspecified atom stereocenters. The molecular weight excluding hydrogens is 434 g/mol. The lowest BCUT2D eigenvalue weighted by atomic mass is 9.97. The molecule has 0 aliphatic carbocycles. The molecular formula is C26H31N3O3S. The Hall–Kier alpha value is -2.74. The van der Waals surface area contributed by atoms with Crippen molar-refractivity contribution in [1.29, 1.82) is 0 Å². The van der Waals surface area contributed by atoms with Crippen LogP contribution in [0.1, 0.15) is 30.9 Å². The molecule has 0 bridgehead atoms. The van der Waals surface area contributed by atoms with E-state index in [0.29, 0.717) is 25.6 Å². The number of hydrogen-bond acceptors (Lipinski definition) is 4. The maximum absolute atomic E-state index is 13.5. The van der Waals surface area contributed by atoms with Crippen LogP contribution in [-0.2, 0) is 27.8 Å². The minimum absolute atomic E-state index is 0.155. The molecule has 4 rings (SSSR count). The smallest absolute Gasteiger partial charge is 0.241 e. The predicted molar refractivity (Wildman–Crippen MR) is 131 cm³/mol. The number of carbonyl (C=O) groups is 1. The van der Waals surface area contributed by atoms with Crippen molar-refractivity contribution >= 4 is 26.7 Å². The number of likely N-dealkylation sites (tertiary alicyclic amines) is 1. The van der Waals surface area contributed by atoms with E-state index in [1.54, 1.807) is 23.1 Å². The summed E-state index contributed by atoms with van der Waals surface area (Å²) in [4.78, 5) is 15.4. The first-order valence-electron chi connectivity index (χ1n) is 11.4. The lowest BCUT2D eigenvalue weighted by Crippen LogP contribution is -2.51. The Morgan fingerprint density at radius 1 is 1.00 bits per heavy atom. The van der Waals surface area contributed by atoms with Gasteiger partial charge in [-0.05, 0) is 59.2 Å². The number of nitrogens with one attached hydrogen (secondary N) is 1. The molecule has 0 aromatic heterocycles. The van der Waals surface area contributed by atoms with Crippen LogP contribution >= 0.6 is 0 Å². The van der Waals surface area contributed by atoms with Crippen LogP contribution in [0.5, 0.6) is 0 Å². The Morgan fingerprint density at radius 2 is 1.70 bits per heavy atom. The summed E-state index contributed by atoms with van der Waals surface area (Å²) in [6.07, 6.45) is 2.13. The monoisotopic (exact) mass is 465 g/mol. The third-order valence-corrected chi connectivity index (χ3v) is 7.86. The molecule has 0 saturated carbocycles. The zero-order chi connectivity index (χ0) is 23.4. The van der Waals surface area contributed by atoms with Gasteiger partial charge in [0.15, 0.2) is 0 Å². The average Bonchev–Trinajstić information content (AvgIpc) is 2.83. The second-order valence-electron chi connectivity index (χ2n) is 8.92. The highest BCUT2D eigenvalue weighted by Crippen LogP contribution is 2.21. The summed E-state index contributed by atoms with van der Waals surface area (Å²) in [6, 6.07) is 19.4. The van der Waals surface area contributed by atoms with Crippen molar-refractivity contribution in [2.45, 2.75) is 43.7 Å². The Labute approximate surface area is 195 Å². The summed E-state index contributed by atoms with van der Waals surface area (Å²) in [5, 5.41) is 1.80. The van der Waals surface area contributed by atoms with Gasteiger partial charge in [0.2, 0.25) is 15.9 Å². The van der Waals surface area contributed by atoms with Gasteiger partial charge in [-0.25, -0.2) is 8.42 Å². The van der Waals surface area contributed by atoms with E-state index in [1.807, 2.05) is 48.5 Å². The number of nitrogens with zero attached hydrogens (tertiary/aromatic N) is 1. The van der Waals surface area contributed by atoms with Crippen molar-refractivity contribution in [3.63, 3.8) is 0 Å². The summed E-state index contributed by atoms with van der Waals surface area (Å²) in [5.74, 6) is 0.396. The predicted octanol–water partition coefficient (Wildman–Crippen LogP) is 3.45. The van der Waals surface area contributed by atoms with Gasteiger partial charge in [-0.15, -0.1) is 0 Å². The van der Waals surface area contributed by atoms with E-state index in [4.69, 9.17) is 5.73 Å². The van der Waals surface area contributed by atoms with Gasteiger partial charge in [0.25, 0.3) is 0 Å². The summed E-state index contributed by atoms with van der Waals surface area (Å²) in [7, 11) is -3.90. The Kier molecular flexibility index (Phi) is 7.12. The van der Waals surface area contributed by atoms with E-state index in [-0.39, 0.29) is 17.2 Å². The fourth-order valence-electron chi connectivity index (χ4n) is 4.34. The van der Waals surface area contributed by atoms with Gasteiger partial charge in [0.1, 0.15) is 6.04 Å². The Morgan fingerprint density at radius 3 is 2.42 bits per heavy atom. The summed E-state index contributed by atoms with van der Waals surface area (Å²) in [5.41, 5.74) is 7.60. The molecule has 7 heteroatoms. The van der Waals surface area contributed by atoms with Crippen LogP contribution in [0.4, 0.5) is 0 Å². The maximum atomic E-state index is 13.5. The topological polar surface area (TPSA) is 92.5 Å². The summed E-state index contributed by atoms with van der Waals surface area (Å²) in [6.45, 7) is 3.87. The van der Waals surface area contributed by atoms with Gasteiger partial charge < -0.3 is 10.6 Å². The fourth-order valence-corrected chi connectivity index (χ4v) is 5.56. The normalized spacial score (nSPS) is 16.1. The van der Waals surface area contributed by atoms with Crippen LogP contribution in [0.3, 0.4) is 0 Å². The zero-order valence-corrected chi connectivity index (χ0v) is 19.7. The molecule has 1 fully saturated rings. The molecule has 1 saturated heterocycles. The van der Waals surface area contributed by atoms with Gasteiger partial charge in [-0.2, -0.15) is 4.72 Å². The molecule has 33 heavy (non-hydrogen) atoms. The van der Waals surface area contributed by atoms with Crippen molar-refractivity contribution in [1.82, 2.24) is 9.62 Å². The van der Waals surface area contributed by atoms with E-state index in [2.05, 4.69) is 11.6 Å². The zero-order valence-electron chi connectivity index (χ0n) is 18.9. The highest BCUT2D eigenvalue weighted by atomic mass is 32.2. The second kappa shape index (κ2) is 10.0. The standard InChI is InChI=1S/C26H31N3O3S/c1-19-11-13-29(14-12-19)26(30)25(16-20-5-4-6-21(15-20)18-27)28-33(31,32)24-10-9-22-7-2-3-8-23(22)17-24/h2-10,15,17,19,25,28H,11-14,16,18,27H2,1H3. The number of hydrogen-bond donors (Lipinski definition) is 2. The third-order valence-electron chi connectivity index (χ3n) is 6.39. The minimum Gasteiger partial charge on any atom is -0.341 e. The molecule has 0 radical (unpaired) electrons. The van der Waals surface area contributed by atoms with Gasteiger partial charge in [-0.3, -0.25) is 4.79 Å². The Balaban J connectivity index is 1.62. The third kappa shape index (κ3) is 5.61. The molecule has 174 valence electrons. The first-order chi connectivity index (χ1) is 15.9. The van der Waals surface area contributed by atoms with E-state index >= 15 is 0 Å². The number of fused-ring (bicyclic) bond motifs is 1. The summed E-state index contributed by atoms with van der Waals surface area (Å²) < 4.78 is 29.4. The van der Waals surface area contributed by atoms with Crippen molar-refractivity contribution in [3.8, 4) is 0 Å². The van der Waals surface area contributed by atoms with Crippen molar-refractivity contribution in [2.24, 2.45) is 11.7 Å². The first kappa shape index (κ1) is 23.4. The largest absolute Gasteiger partial charge is 0.341 e. The van der Waals surface area contributed by atoms with Crippen LogP contribution in [0.25, 0.3) is 10.8 Å². The quantitative estimate of drug-likeness (QED) is 0.559. The fraction of sp³-hybridized carbons (Fsp3) is 0.346. The number of benzene rings is 3. The van der Waals surface area contributed by atoms with Crippen LogP contribution in [-0.4, -0.2) is 38.4 Å². The molecule has 3 N–H and O–H groups in total. The number of rotatable bonds is 7. The van der Waals surface area contributed by atoms with E-state index in [9.17, 15) is 13.2 Å². The van der Waals surface area contributed by atoms with E-state index < -0.39 is 16.1 Å². The lowest BCUT2D eigenvalue weighted by Gasteiger charge is -2.33. The van der Waals surface area contributed by atoms with Gasteiger partial charge in [0.05, 0.1) is 4.90 Å². The lowest BCUT2D eigenvalue weighted by molar-refractivity contribution is -0.134. The Bertz CT molecular complexity index is 1230. The molecule has 1 atom stereocenters. The van der Waals surface area contributed by atoms with E-state index in [0.717, 1.165) is 34.7 Å². The number of sulfonamides is 1. The average molecular weight is 466 g/mol. The van der Waals surface area contributed by atoms with Gasteiger partial charge in [-0.1, -0.05) is 61.5 Å². The van der Waals surface area contributed by atoms with Gasteiger partial charge in [0, 0.05) is 19.6 Å². The van der Waals surface area contributed by atoms with E-state index in [1.165, 1.54) is 0 Å². The molecule has 3 aromatic rings. The molecule has 1 aliphatic rings. The number of piperidine rings is 1. The van der Waals surface area contributed by atoms with Crippen molar-refractivity contribution < 1.29 is 13.2 Å². The highest BCUT2D eigenvalue weighted by Gasteiger charge is 2.31. The molecule has 1 aliphatic heterocycles. The number of amides is 1. The second-order valence-corrected chi connectivity index (χ2v) is 10.6. The highest BCUT2D eigenvalue weighted by molar-refractivity contribution is 7.89. The maximum Gasteiger partial charge on any atom is 0.241 e. The van der Waals surface area contributed by atoms with Gasteiger partial charge >= 0.3 is 0 Å². The molecule has 6 nitrogen and oxygen atoms in total. The first-order valence-corrected chi connectivity index (χ1v) is 12.9. The van der Waals surface area contributed by atoms with Crippen LogP contribution in [0.2, 0.25) is 0 Å². The number of carbonyl (C=O) groups excluding carboxylic acids is 1. The number of nitrogens with two attached hydrogens (primary N) is 1. The van der Waals surface area contributed by atoms with Crippen LogP contribution in [0, 0.1) is 5.92 Å². The summed E-state index contributed by atoms with van der Waals surface area (Å²) >= 11 is 0. The minimum atomic E-state index is -3.90. The van der Waals surface area contributed by atoms with Crippen LogP contribution in [0.15, 0.2) is 71.6 Å². The SMILES string of the molecule is CC1CCN(C(=O)C(Cc2cccc(CN)c2)NS(=O)(=O)c2ccc3ccccc3c2)CC1.